The van der Waals surface area contributed by atoms with Gasteiger partial charge in [0.25, 0.3) is 0 Å². The molecule has 3 heteroatoms. The number of rotatable bonds is 2. The van der Waals surface area contributed by atoms with Gasteiger partial charge in [0, 0.05) is 31.5 Å². The molecule has 1 aliphatic heterocycles. The predicted molar refractivity (Wildman–Crippen MR) is 64.5 cm³/mol. The number of benzene rings is 1. The van der Waals surface area contributed by atoms with Crippen LogP contribution < -0.4 is 0 Å². The Balaban J connectivity index is 1.63. The van der Waals surface area contributed by atoms with Gasteiger partial charge in [0.1, 0.15) is 0 Å². The highest BCUT2D eigenvalue weighted by Gasteiger charge is 2.36. The molecule has 0 saturated carbocycles. The number of carbonyl (C=O) groups excluding carboxylic acids is 1. The summed E-state index contributed by atoms with van der Waals surface area (Å²) >= 11 is 0. The average molecular weight is 231 g/mol. The van der Waals surface area contributed by atoms with Crippen LogP contribution in [-0.4, -0.2) is 35.6 Å². The van der Waals surface area contributed by atoms with Gasteiger partial charge in [0.15, 0.2) is 0 Å². The van der Waals surface area contributed by atoms with Gasteiger partial charge in [0.05, 0.1) is 0 Å². The van der Waals surface area contributed by atoms with Gasteiger partial charge < -0.3 is 10.0 Å². The van der Waals surface area contributed by atoms with Crippen LogP contribution in [0.1, 0.15) is 11.1 Å². The summed E-state index contributed by atoms with van der Waals surface area (Å²) in [5.41, 5.74) is 2.65. The summed E-state index contributed by atoms with van der Waals surface area (Å²) in [6.45, 7) is 1.68. The quantitative estimate of drug-likeness (QED) is 0.820. The number of nitrogens with zero attached hydrogens (tertiary/aromatic N) is 1. The van der Waals surface area contributed by atoms with Crippen LogP contribution in [-0.2, 0) is 17.6 Å². The number of hydrogen-bond donors (Lipinski definition) is 1. The van der Waals surface area contributed by atoms with E-state index in [2.05, 4.69) is 12.1 Å². The fraction of sp³-hybridized carbons (Fsp3) is 0.500. The summed E-state index contributed by atoms with van der Waals surface area (Å²) in [5.74, 6) is 0.709. The van der Waals surface area contributed by atoms with E-state index in [-0.39, 0.29) is 18.4 Å². The van der Waals surface area contributed by atoms with Crippen molar-refractivity contribution in [3.8, 4) is 0 Å². The van der Waals surface area contributed by atoms with Gasteiger partial charge in [-0.1, -0.05) is 24.3 Å². The third-order valence-corrected chi connectivity index (χ3v) is 3.93. The van der Waals surface area contributed by atoms with E-state index in [1.165, 1.54) is 11.1 Å². The van der Waals surface area contributed by atoms with Gasteiger partial charge in [-0.15, -0.1) is 0 Å². The van der Waals surface area contributed by atoms with Crippen molar-refractivity contribution in [3.63, 3.8) is 0 Å². The molecule has 0 atom stereocenters. The second kappa shape index (κ2) is 4.15. The van der Waals surface area contributed by atoms with Crippen molar-refractivity contribution in [3.05, 3.63) is 35.4 Å². The molecule has 0 bridgehead atoms. The van der Waals surface area contributed by atoms with Crippen molar-refractivity contribution < 1.29 is 9.90 Å². The van der Waals surface area contributed by atoms with Gasteiger partial charge in [-0.2, -0.15) is 0 Å². The SMILES string of the molecule is O=C(C1Cc2ccccc2C1)N1CC(CO)C1. The van der Waals surface area contributed by atoms with E-state index in [9.17, 15) is 4.79 Å². The lowest BCUT2D eigenvalue weighted by Gasteiger charge is -2.39. The molecule has 1 heterocycles. The Morgan fingerprint density at radius 2 is 1.82 bits per heavy atom. The zero-order chi connectivity index (χ0) is 11.8. The Kier molecular flexibility index (Phi) is 2.63. The highest BCUT2D eigenvalue weighted by atomic mass is 16.3. The van der Waals surface area contributed by atoms with E-state index in [0.29, 0.717) is 5.92 Å². The van der Waals surface area contributed by atoms with Gasteiger partial charge in [-0.05, 0) is 24.0 Å². The van der Waals surface area contributed by atoms with Crippen molar-refractivity contribution >= 4 is 5.91 Å². The Morgan fingerprint density at radius 1 is 1.24 bits per heavy atom. The number of carbonyl (C=O) groups is 1. The fourth-order valence-electron chi connectivity index (χ4n) is 2.86. The molecular weight excluding hydrogens is 214 g/mol. The van der Waals surface area contributed by atoms with Crippen LogP contribution in [0.5, 0.6) is 0 Å². The van der Waals surface area contributed by atoms with Crippen molar-refractivity contribution in [1.82, 2.24) is 4.90 Å². The first kappa shape index (κ1) is 10.8. The second-order valence-corrected chi connectivity index (χ2v) is 5.17. The summed E-state index contributed by atoms with van der Waals surface area (Å²) in [6.07, 6.45) is 1.77. The molecule has 0 aromatic heterocycles. The lowest BCUT2D eigenvalue weighted by molar-refractivity contribution is -0.142. The number of hydrogen-bond acceptors (Lipinski definition) is 2. The van der Waals surface area contributed by atoms with Crippen LogP contribution in [0, 0.1) is 11.8 Å². The van der Waals surface area contributed by atoms with Crippen molar-refractivity contribution in [2.45, 2.75) is 12.8 Å². The summed E-state index contributed by atoms with van der Waals surface area (Å²) < 4.78 is 0. The Bertz CT molecular complexity index is 413. The lowest BCUT2D eigenvalue weighted by atomic mass is 9.96. The Labute approximate surface area is 101 Å². The highest BCUT2D eigenvalue weighted by Crippen LogP contribution is 2.29. The molecule has 3 nitrogen and oxygen atoms in total. The smallest absolute Gasteiger partial charge is 0.226 e. The molecule has 0 radical (unpaired) electrons. The predicted octanol–water partition coefficient (Wildman–Crippen LogP) is 0.852. The largest absolute Gasteiger partial charge is 0.396 e. The monoisotopic (exact) mass is 231 g/mol. The zero-order valence-electron chi connectivity index (χ0n) is 9.80. The van der Waals surface area contributed by atoms with Gasteiger partial charge in [-0.25, -0.2) is 0 Å². The molecule has 1 aromatic carbocycles. The minimum atomic E-state index is 0.132. The normalized spacial score (nSPS) is 20.2. The van der Waals surface area contributed by atoms with Crippen LogP contribution in [0.4, 0.5) is 0 Å². The summed E-state index contributed by atoms with van der Waals surface area (Å²) in [6, 6.07) is 8.32. The van der Waals surface area contributed by atoms with Crippen molar-refractivity contribution in [2.75, 3.05) is 19.7 Å². The number of aliphatic hydroxyl groups excluding tert-OH is 1. The third-order valence-electron chi connectivity index (χ3n) is 3.93. The molecule has 1 saturated heterocycles. The molecule has 2 aliphatic rings. The molecule has 0 spiro atoms. The van der Waals surface area contributed by atoms with Gasteiger partial charge >= 0.3 is 0 Å². The summed E-state index contributed by atoms with van der Waals surface area (Å²) in [4.78, 5) is 14.1. The molecular formula is C14H17NO2. The number of aliphatic hydroxyl groups is 1. The number of fused-ring (bicyclic) bond motifs is 1. The fourth-order valence-corrected chi connectivity index (χ4v) is 2.86. The first-order valence-corrected chi connectivity index (χ1v) is 6.24. The van der Waals surface area contributed by atoms with Crippen LogP contribution in [0.2, 0.25) is 0 Å². The van der Waals surface area contributed by atoms with Gasteiger partial charge in [0.2, 0.25) is 5.91 Å². The lowest BCUT2D eigenvalue weighted by Crippen LogP contribution is -2.53. The Hall–Kier alpha value is -1.35. The highest BCUT2D eigenvalue weighted by molar-refractivity contribution is 5.81. The van der Waals surface area contributed by atoms with Crippen LogP contribution in [0.3, 0.4) is 0 Å². The van der Waals surface area contributed by atoms with Crippen molar-refractivity contribution in [2.24, 2.45) is 11.8 Å². The van der Waals surface area contributed by atoms with E-state index >= 15 is 0 Å². The minimum Gasteiger partial charge on any atom is -0.396 e. The van der Waals surface area contributed by atoms with Crippen LogP contribution >= 0.6 is 0 Å². The number of amides is 1. The third kappa shape index (κ3) is 1.84. The zero-order valence-corrected chi connectivity index (χ0v) is 9.80. The average Bonchev–Trinajstić information content (AvgIpc) is 2.71. The first-order chi connectivity index (χ1) is 8.28. The first-order valence-electron chi connectivity index (χ1n) is 6.24. The molecule has 1 aromatic rings. The molecule has 1 N–H and O–H groups in total. The van der Waals surface area contributed by atoms with E-state index in [1.807, 2.05) is 17.0 Å². The Morgan fingerprint density at radius 3 is 2.35 bits per heavy atom. The van der Waals surface area contributed by atoms with Gasteiger partial charge in [-0.3, -0.25) is 4.79 Å². The maximum atomic E-state index is 12.2. The molecule has 17 heavy (non-hydrogen) atoms. The molecule has 1 amide bonds. The minimum absolute atomic E-state index is 0.132. The van der Waals surface area contributed by atoms with Crippen LogP contribution in [0.15, 0.2) is 24.3 Å². The molecule has 1 fully saturated rings. The van der Waals surface area contributed by atoms with E-state index in [0.717, 1.165) is 25.9 Å². The van der Waals surface area contributed by atoms with E-state index in [1.54, 1.807) is 0 Å². The maximum absolute atomic E-state index is 12.2. The molecule has 1 aliphatic carbocycles. The standard InChI is InChI=1S/C14H17NO2/c16-9-10-7-15(8-10)14(17)13-5-11-3-1-2-4-12(11)6-13/h1-4,10,13,16H,5-9H2. The van der Waals surface area contributed by atoms with E-state index in [4.69, 9.17) is 5.11 Å². The maximum Gasteiger partial charge on any atom is 0.226 e. The van der Waals surface area contributed by atoms with E-state index < -0.39 is 0 Å². The molecule has 3 rings (SSSR count). The number of likely N-dealkylation sites (tertiary alicyclic amines) is 1. The van der Waals surface area contributed by atoms with Crippen LogP contribution in [0.25, 0.3) is 0 Å². The topological polar surface area (TPSA) is 40.5 Å². The van der Waals surface area contributed by atoms with Crippen molar-refractivity contribution in [1.29, 1.82) is 0 Å². The summed E-state index contributed by atoms with van der Waals surface area (Å²) in [7, 11) is 0. The second-order valence-electron chi connectivity index (χ2n) is 5.17. The molecule has 90 valence electrons. The summed E-state index contributed by atoms with van der Waals surface area (Å²) in [5, 5.41) is 8.95. The molecule has 0 unspecified atom stereocenters.